The summed E-state index contributed by atoms with van der Waals surface area (Å²) in [5.41, 5.74) is 7.91. The minimum absolute atomic E-state index is 0.0595. The molecule has 0 saturated heterocycles. The van der Waals surface area contributed by atoms with Crippen LogP contribution in [0.15, 0.2) is 47.2 Å². The Hall–Kier alpha value is -3.44. The molecule has 0 saturated carbocycles. The SMILES string of the molecule is CC/C(C)=C(\N)NCCCC(C)(NC(=O)CN1c2ccccc2CC[C@H](NC(C)=O)C1OC)C(=O)c1nccs1. The Morgan fingerprint density at radius 1 is 1.25 bits per heavy atom. The van der Waals surface area contributed by atoms with Crippen LogP contribution in [0.1, 0.15) is 68.7 Å². The van der Waals surface area contributed by atoms with Crippen molar-refractivity contribution in [3.63, 3.8) is 0 Å². The molecule has 0 fully saturated rings. The van der Waals surface area contributed by atoms with Crippen molar-refractivity contribution in [2.45, 2.75) is 77.6 Å². The van der Waals surface area contributed by atoms with Gasteiger partial charge in [-0.2, -0.15) is 0 Å². The fourth-order valence-corrected chi connectivity index (χ4v) is 5.70. The summed E-state index contributed by atoms with van der Waals surface area (Å²) < 4.78 is 5.85. The van der Waals surface area contributed by atoms with Crippen molar-refractivity contribution in [1.29, 1.82) is 0 Å². The number of thiazole rings is 1. The third kappa shape index (κ3) is 7.82. The highest BCUT2D eigenvalue weighted by Crippen LogP contribution is 2.30. The molecule has 3 atom stereocenters. The fourth-order valence-electron chi connectivity index (χ4n) is 4.99. The predicted octanol–water partition coefficient (Wildman–Crippen LogP) is 3.10. The third-order valence-corrected chi connectivity index (χ3v) is 8.10. The number of hydrogen-bond acceptors (Lipinski definition) is 9. The van der Waals surface area contributed by atoms with E-state index in [1.54, 1.807) is 25.6 Å². The van der Waals surface area contributed by atoms with Gasteiger partial charge in [0.1, 0.15) is 5.54 Å². The Kier molecular flexibility index (Phi) is 11.1. The second-order valence-electron chi connectivity index (χ2n) is 10.4. The summed E-state index contributed by atoms with van der Waals surface area (Å²) in [7, 11) is 1.57. The molecule has 218 valence electrons. The molecule has 40 heavy (non-hydrogen) atoms. The van der Waals surface area contributed by atoms with Crippen molar-refractivity contribution >= 4 is 34.6 Å². The Balaban J connectivity index is 1.83. The topological polar surface area (TPSA) is 139 Å². The van der Waals surface area contributed by atoms with Gasteiger partial charge in [0.15, 0.2) is 11.2 Å². The van der Waals surface area contributed by atoms with E-state index in [9.17, 15) is 14.4 Å². The highest BCUT2D eigenvalue weighted by atomic mass is 32.1. The van der Waals surface area contributed by atoms with Gasteiger partial charge in [0.25, 0.3) is 0 Å². The summed E-state index contributed by atoms with van der Waals surface area (Å²) in [6, 6.07) is 7.53. The third-order valence-electron chi connectivity index (χ3n) is 7.32. The van der Waals surface area contributed by atoms with E-state index < -0.39 is 11.8 Å². The van der Waals surface area contributed by atoms with Gasteiger partial charge in [0.2, 0.25) is 17.6 Å². The van der Waals surface area contributed by atoms with E-state index >= 15 is 0 Å². The van der Waals surface area contributed by atoms with Crippen molar-refractivity contribution < 1.29 is 19.1 Å². The summed E-state index contributed by atoms with van der Waals surface area (Å²) in [5, 5.41) is 11.3. The number of nitrogens with one attached hydrogen (secondary N) is 3. The smallest absolute Gasteiger partial charge is 0.240 e. The summed E-state index contributed by atoms with van der Waals surface area (Å²) in [6.45, 7) is 7.73. The van der Waals surface area contributed by atoms with E-state index in [1.807, 2.05) is 43.0 Å². The van der Waals surface area contributed by atoms with E-state index in [1.165, 1.54) is 18.3 Å². The number of allylic oxidation sites excluding steroid dienone is 1. The first-order chi connectivity index (χ1) is 19.1. The average molecular weight is 571 g/mol. The van der Waals surface area contributed by atoms with E-state index in [2.05, 4.69) is 20.9 Å². The lowest BCUT2D eigenvalue weighted by Crippen LogP contribution is -2.58. The van der Waals surface area contributed by atoms with Gasteiger partial charge in [0.05, 0.1) is 18.4 Å². The lowest BCUT2D eigenvalue weighted by atomic mass is 9.90. The summed E-state index contributed by atoms with van der Waals surface area (Å²) >= 11 is 1.25. The number of benzene rings is 1. The average Bonchev–Trinajstić information content (AvgIpc) is 3.43. The second kappa shape index (κ2) is 14.3. The first-order valence-electron chi connectivity index (χ1n) is 13.7. The quantitative estimate of drug-likeness (QED) is 0.213. The summed E-state index contributed by atoms with van der Waals surface area (Å²) in [4.78, 5) is 45.3. The molecular formula is C29H42N6O4S. The van der Waals surface area contributed by atoms with Crippen LogP contribution in [0.25, 0.3) is 0 Å². The second-order valence-corrected chi connectivity index (χ2v) is 11.2. The minimum atomic E-state index is -1.18. The van der Waals surface area contributed by atoms with Gasteiger partial charge >= 0.3 is 0 Å². The van der Waals surface area contributed by atoms with Crippen LogP contribution in [-0.4, -0.2) is 60.6 Å². The molecule has 2 amide bonds. The van der Waals surface area contributed by atoms with Gasteiger partial charge in [-0.1, -0.05) is 25.1 Å². The number of para-hydroxylation sites is 1. The highest BCUT2D eigenvalue weighted by molar-refractivity contribution is 7.11. The number of amides is 2. The first-order valence-corrected chi connectivity index (χ1v) is 14.6. The summed E-state index contributed by atoms with van der Waals surface area (Å²) in [6.07, 6.45) is 4.24. The monoisotopic (exact) mass is 570 g/mol. The number of nitrogens with zero attached hydrogens (tertiary/aromatic N) is 2. The van der Waals surface area contributed by atoms with Crippen LogP contribution in [0.2, 0.25) is 0 Å². The molecule has 1 aromatic heterocycles. The molecule has 10 nitrogen and oxygen atoms in total. The van der Waals surface area contributed by atoms with E-state index in [0.29, 0.717) is 36.6 Å². The zero-order valence-electron chi connectivity index (χ0n) is 24.1. The van der Waals surface area contributed by atoms with Gasteiger partial charge in [-0.25, -0.2) is 4.98 Å². The molecule has 2 heterocycles. The Morgan fingerprint density at radius 3 is 2.65 bits per heavy atom. The molecule has 5 N–H and O–H groups in total. The van der Waals surface area contributed by atoms with Gasteiger partial charge in [0, 0.05) is 37.8 Å². The molecule has 1 aliphatic heterocycles. The number of nitrogens with two attached hydrogens (primary N) is 1. The number of aryl methyl sites for hydroxylation is 1. The Labute approximate surface area is 240 Å². The molecule has 0 bridgehead atoms. The lowest BCUT2D eigenvalue weighted by Gasteiger charge is -2.37. The maximum Gasteiger partial charge on any atom is 0.240 e. The van der Waals surface area contributed by atoms with Crippen LogP contribution in [0, 0.1) is 0 Å². The van der Waals surface area contributed by atoms with Crippen molar-refractivity contribution in [2.75, 3.05) is 25.1 Å². The van der Waals surface area contributed by atoms with Crippen molar-refractivity contribution in [3.8, 4) is 0 Å². The van der Waals surface area contributed by atoms with E-state index in [0.717, 1.165) is 29.7 Å². The molecule has 0 spiro atoms. The number of carbonyl (C=O) groups excluding carboxylic acids is 3. The molecule has 0 aliphatic carbocycles. The van der Waals surface area contributed by atoms with Crippen LogP contribution in [0.3, 0.4) is 0 Å². The maximum absolute atomic E-state index is 13.7. The van der Waals surface area contributed by atoms with Gasteiger partial charge in [-0.3, -0.25) is 14.4 Å². The Morgan fingerprint density at radius 2 is 2.00 bits per heavy atom. The number of carbonyl (C=O) groups is 3. The molecule has 11 heteroatoms. The lowest BCUT2D eigenvalue weighted by molar-refractivity contribution is -0.121. The Bertz CT molecular complexity index is 1200. The van der Waals surface area contributed by atoms with Crippen molar-refractivity contribution in [1.82, 2.24) is 20.9 Å². The van der Waals surface area contributed by atoms with Crippen LogP contribution in [-0.2, 0) is 20.7 Å². The first kappa shape index (κ1) is 31.1. The number of Topliss-reactive ketones (excluding diaryl/α,β-unsaturated/α-hetero) is 1. The predicted molar refractivity (Wildman–Crippen MR) is 158 cm³/mol. The minimum Gasteiger partial charge on any atom is -0.386 e. The molecule has 1 aliphatic rings. The van der Waals surface area contributed by atoms with E-state index in [4.69, 9.17) is 10.5 Å². The van der Waals surface area contributed by atoms with E-state index in [-0.39, 0.29) is 30.2 Å². The molecular weight excluding hydrogens is 528 g/mol. The number of methoxy groups -OCH3 is 1. The number of anilines is 1. The van der Waals surface area contributed by atoms with Gasteiger partial charge < -0.3 is 31.3 Å². The number of fused-ring (bicyclic) bond motifs is 1. The number of hydrogen-bond donors (Lipinski definition) is 4. The largest absolute Gasteiger partial charge is 0.386 e. The fraction of sp³-hybridized carbons (Fsp3) is 0.517. The number of rotatable bonds is 13. The molecule has 2 unspecified atom stereocenters. The zero-order valence-corrected chi connectivity index (χ0v) is 24.9. The highest BCUT2D eigenvalue weighted by Gasteiger charge is 2.39. The van der Waals surface area contributed by atoms with Crippen molar-refractivity contribution in [2.24, 2.45) is 5.73 Å². The normalized spacial score (nSPS) is 19.0. The molecule has 1 aromatic carbocycles. The summed E-state index contributed by atoms with van der Waals surface area (Å²) in [5.74, 6) is -0.0948. The molecule has 2 aromatic rings. The molecule has 0 radical (unpaired) electrons. The number of ketones is 1. The van der Waals surface area contributed by atoms with Crippen LogP contribution < -0.4 is 26.6 Å². The van der Waals surface area contributed by atoms with Crippen molar-refractivity contribution in [3.05, 3.63) is 57.8 Å². The zero-order chi connectivity index (χ0) is 29.3. The maximum atomic E-state index is 13.7. The standard InChI is InChI=1S/C29H42N6O4S/c1-6-19(2)26(30)31-15-9-14-29(4,25(38)27-32-16-17-40-27)34-24(37)18-35-23-11-8-7-10-21(23)12-13-22(28(35)39-5)33-20(3)36/h7-8,10-11,16-17,22,28,31H,6,9,12-15,18,30H2,1-5H3,(H,33,36)(H,34,37)/b26-19+/t22-,28?,29?/m0/s1. The number of ether oxygens (including phenoxy) is 1. The van der Waals surface area contributed by atoms with Gasteiger partial charge in [-0.15, -0.1) is 11.3 Å². The van der Waals surface area contributed by atoms with Crippen LogP contribution in [0.5, 0.6) is 0 Å². The molecule has 3 rings (SSSR count). The van der Waals surface area contributed by atoms with Crippen LogP contribution in [0.4, 0.5) is 5.69 Å². The van der Waals surface area contributed by atoms with Crippen LogP contribution >= 0.6 is 11.3 Å². The number of aromatic nitrogens is 1. The van der Waals surface area contributed by atoms with Gasteiger partial charge in [-0.05, 0) is 63.2 Å².